The zero-order valence-corrected chi connectivity index (χ0v) is 11.3. The summed E-state index contributed by atoms with van der Waals surface area (Å²) >= 11 is 3.19. The fraction of sp³-hybridized carbons (Fsp3) is 0.0833. The van der Waals surface area contributed by atoms with E-state index in [1.807, 2.05) is 0 Å². The Bertz CT molecular complexity index is 611. The van der Waals surface area contributed by atoms with Gasteiger partial charge in [-0.15, -0.1) is 0 Å². The van der Waals surface area contributed by atoms with E-state index in [4.69, 9.17) is 5.11 Å². The number of amides is 1. The standard InChI is InChI=1S/C12H10BrN3O3/c13-7-1-2-10(9(5-7)12(18)19)15-11(17)6-8-3-4-14-16-8/h1-5H,6H2,(H,14,16)(H,15,17)(H,18,19). The van der Waals surface area contributed by atoms with Crippen LogP contribution in [-0.4, -0.2) is 27.2 Å². The van der Waals surface area contributed by atoms with Crippen LogP contribution in [-0.2, 0) is 11.2 Å². The number of aromatic amines is 1. The van der Waals surface area contributed by atoms with Gasteiger partial charge in [-0.05, 0) is 24.3 Å². The van der Waals surface area contributed by atoms with Gasteiger partial charge in [-0.3, -0.25) is 9.89 Å². The largest absolute Gasteiger partial charge is 0.478 e. The molecule has 0 aliphatic carbocycles. The van der Waals surface area contributed by atoms with Crippen LogP contribution in [0.5, 0.6) is 0 Å². The van der Waals surface area contributed by atoms with Crippen LogP contribution in [0.2, 0.25) is 0 Å². The summed E-state index contributed by atoms with van der Waals surface area (Å²) < 4.78 is 0.636. The lowest BCUT2D eigenvalue weighted by molar-refractivity contribution is -0.115. The van der Waals surface area contributed by atoms with Crippen molar-refractivity contribution in [3.8, 4) is 0 Å². The first-order chi connectivity index (χ1) is 9.06. The molecule has 2 rings (SSSR count). The molecule has 1 heterocycles. The predicted molar refractivity (Wildman–Crippen MR) is 72.0 cm³/mol. The molecule has 98 valence electrons. The normalized spacial score (nSPS) is 10.2. The van der Waals surface area contributed by atoms with Crippen LogP contribution in [0.15, 0.2) is 34.9 Å². The fourth-order valence-corrected chi connectivity index (χ4v) is 1.91. The Morgan fingerprint density at radius 3 is 2.79 bits per heavy atom. The summed E-state index contributed by atoms with van der Waals surface area (Å²) in [5.74, 6) is -1.41. The number of hydrogen-bond donors (Lipinski definition) is 3. The van der Waals surface area contributed by atoms with Crippen molar-refractivity contribution in [1.29, 1.82) is 0 Å². The molecule has 0 atom stereocenters. The summed E-state index contributed by atoms with van der Waals surface area (Å²) in [5.41, 5.74) is 0.957. The second-order valence-corrected chi connectivity index (χ2v) is 4.72. The highest BCUT2D eigenvalue weighted by molar-refractivity contribution is 9.10. The molecule has 0 aliphatic heterocycles. The molecule has 0 saturated carbocycles. The van der Waals surface area contributed by atoms with Crippen molar-refractivity contribution in [2.45, 2.75) is 6.42 Å². The number of benzene rings is 1. The minimum absolute atomic E-state index is 0.0346. The monoisotopic (exact) mass is 323 g/mol. The van der Waals surface area contributed by atoms with Crippen molar-refractivity contribution in [3.05, 3.63) is 46.2 Å². The van der Waals surface area contributed by atoms with E-state index in [1.54, 1.807) is 24.4 Å². The van der Waals surface area contributed by atoms with E-state index >= 15 is 0 Å². The maximum Gasteiger partial charge on any atom is 0.337 e. The number of nitrogens with zero attached hydrogens (tertiary/aromatic N) is 1. The Labute approximate surface area is 117 Å². The third-order valence-electron chi connectivity index (χ3n) is 2.40. The van der Waals surface area contributed by atoms with Gasteiger partial charge in [-0.1, -0.05) is 15.9 Å². The van der Waals surface area contributed by atoms with Crippen LogP contribution in [0.25, 0.3) is 0 Å². The van der Waals surface area contributed by atoms with Crippen molar-refractivity contribution in [2.24, 2.45) is 0 Å². The van der Waals surface area contributed by atoms with Crippen molar-refractivity contribution in [3.63, 3.8) is 0 Å². The van der Waals surface area contributed by atoms with E-state index in [-0.39, 0.29) is 23.6 Å². The van der Waals surface area contributed by atoms with E-state index in [0.717, 1.165) is 0 Å². The minimum Gasteiger partial charge on any atom is -0.478 e. The number of carboxylic acid groups (broad SMARTS) is 1. The number of hydrogen-bond acceptors (Lipinski definition) is 3. The number of aromatic nitrogens is 2. The fourth-order valence-electron chi connectivity index (χ4n) is 1.55. The lowest BCUT2D eigenvalue weighted by Gasteiger charge is -2.08. The third-order valence-corrected chi connectivity index (χ3v) is 2.89. The van der Waals surface area contributed by atoms with E-state index in [9.17, 15) is 9.59 Å². The number of aromatic carboxylic acids is 1. The van der Waals surface area contributed by atoms with Crippen LogP contribution in [0.1, 0.15) is 16.1 Å². The average molecular weight is 324 g/mol. The van der Waals surface area contributed by atoms with Crippen molar-refractivity contribution in [2.75, 3.05) is 5.32 Å². The molecule has 2 aromatic rings. The Morgan fingerprint density at radius 1 is 1.37 bits per heavy atom. The molecule has 7 heteroatoms. The Hall–Kier alpha value is -2.15. The maximum atomic E-state index is 11.8. The van der Waals surface area contributed by atoms with Crippen LogP contribution in [0.3, 0.4) is 0 Å². The highest BCUT2D eigenvalue weighted by Gasteiger charge is 2.13. The molecule has 0 aliphatic rings. The molecule has 0 radical (unpaired) electrons. The summed E-state index contributed by atoms with van der Waals surface area (Å²) in [5, 5.41) is 18.0. The van der Waals surface area contributed by atoms with Gasteiger partial charge < -0.3 is 10.4 Å². The molecule has 0 spiro atoms. The van der Waals surface area contributed by atoms with Crippen molar-refractivity contribution < 1.29 is 14.7 Å². The van der Waals surface area contributed by atoms with Gasteiger partial charge in [0.2, 0.25) is 5.91 Å². The van der Waals surface area contributed by atoms with E-state index in [1.165, 1.54) is 6.07 Å². The first-order valence-electron chi connectivity index (χ1n) is 5.37. The van der Waals surface area contributed by atoms with Crippen molar-refractivity contribution >= 4 is 33.5 Å². The highest BCUT2D eigenvalue weighted by atomic mass is 79.9. The summed E-state index contributed by atoms with van der Waals surface area (Å²) in [6.45, 7) is 0. The van der Waals surface area contributed by atoms with Gasteiger partial charge in [0.1, 0.15) is 0 Å². The van der Waals surface area contributed by atoms with Crippen LogP contribution >= 0.6 is 15.9 Å². The maximum absolute atomic E-state index is 11.8. The Balaban J connectivity index is 2.14. The molecular weight excluding hydrogens is 314 g/mol. The number of nitrogens with one attached hydrogen (secondary N) is 2. The third kappa shape index (κ3) is 3.41. The number of anilines is 1. The van der Waals surface area contributed by atoms with Crippen LogP contribution in [0, 0.1) is 0 Å². The second-order valence-electron chi connectivity index (χ2n) is 3.80. The summed E-state index contributed by atoms with van der Waals surface area (Å²) in [4.78, 5) is 22.9. The number of rotatable bonds is 4. The van der Waals surface area contributed by atoms with Crippen molar-refractivity contribution in [1.82, 2.24) is 10.2 Å². The van der Waals surface area contributed by atoms with Crippen LogP contribution < -0.4 is 5.32 Å². The molecule has 19 heavy (non-hydrogen) atoms. The number of halogens is 1. The Kier molecular flexibility index (Phi) is 3.96. The number of carboxylic acids is 1. The molecule has 1 aromatic heterocycles. The SMILES string of the molecule is O=C(Cc1ccn[nH]1)Nc1ccc(Br)cc1C(=O)O. The van der Waals surface area contributed by atoms with Gasteiger partial charge in [0.15, 0.2) is 0 Å². The van der Waals surface area contributed by atoms with Gasteiger partial charge in [0.05, 0.1) is 17.7 Å². The molecule has 0 unspecified atom stereocenters. The zero-order valence-electron chi connectivity index (χ0n) is 9.68. The van der Waals surface area contributed by atoms with Gasteiger partial charge in [-0.25, -0.2) is 4.79 Å². The van der Waals surface area contributed by atoms with Gasteiger partial charge in [0.25, 0.3) is 0 Å². The van der Waals surface area contributed by atoms with E-state index in [2.05, 4.69) is 31.4 Å². The second kappa shape index (κ2) is 5.66. The minimum atomic E-state index is -1.10. The molecule has 6 nitrogen and oxygen atoms in total. The Morgan fingerprint density at radius 2 is 2.16 bits per heavy atom. The quantitative estimate of drug-likeness (QED) is 0.802. The smallest absolute Gasteiger partial charge is 0.337 e. The highest BCUT2D eigenvalue weighted by Crippen LogP contribution is 2.21. The molecule has 0 bridgehead atoms. The van der Waals surface area contributed by atoms with Gasteiger partial charge >= 0.3 is 5.97 Å². The van der Waals surface area contributed by atoms with E-state index in [0.29, 0.717) is 10.2 Å². The summed E-state index contributed by atoms with van der Waals surface area (Å²) in [6.07, 6.45) is 1.65. The van der Waals surface area contributed by atoms with E-state index < -0.39 is 5.97 Å². The average Bonchev–Trinajstić information content (AvgIpc) is 2.83. The molecule has 1 amide bonds. The predicted octanol–water partition coefficient (Wildman–Crippen LogP) is 2.05. The molecule has 0 saturated heterocycles. The van der Waals surface area contributed by atoms with Gasteiger partial charge in [-0.2, -0.15) is 5.10 Å². The molecule has 1 aromatic carbocycles. The number of H-pyrrole nitrogens is 1. The molecular formula is C12H10BrN3O3. The first kappa shape index (κ1) is 13.3. The zero-order chi connectivity index (χ0) is 13.8. The van der Waals surface area contributed by atoms with Crippen LogP contribution in [0.4, 0.5) is 5.69 Å². The first-order valence-corrected chi connectivity index (χ1v) is 6.16. The molecule has 3 N–H and O–H groups in total. The molecule has 0 fully saturated rings. The van der Waals surface area contributed by atoms with Gasteiger partial charge in [0, 0.05) is 16.4 Å². The lowest BCUT2D eigenvalue weighted by Crippen LogP contribution is -2.17. The summed E-state index contributed by atoms with van der Waals surface area (Å²) in [7, 11) is 0. The number of carbonyl (C=O) groups is 2. The number of carbonyl (C=O) groups excluding carboxylic acids is 1. The summed E-state index contributed by atoms with van der Waals surface area (Å²) in [6, 6.07) is 6.32. The lowest BCUT2D eigenvalue weighted by atomic mass is 10.1. The topological polar surface area (TPSA) is 95.1 Å².